The summed E-state index contributed by atoms with van der Waals surface area (Å²) >= 11 is 0. The molecule has 4 rings (SSSR count). The summed E-state index contributed by atoms with van der Waals surface area (Å²) in [6, 6.07) is 23.5. The van der Waals surface area contributed by atoms with Crippen molar-refractivity contribution in [3.8, 4) is 0 Å². The highest BCUT2D eigenvalue weighted by Gasteiger charge is 2.14. The molecule has 1 aromatic heterocycles. The molecule has 3 atom stereocenters. The van der Waals surface area contributed by atoms with Crippen molar-refractivity contribution in [2.24, 2.45) is 17.8 Å². The van der Waals surface area contributed by atoms with E-state index < -0.39 is 0 Å². The molecule has 4 aromatic rings. The number of anilines is 6. The number of nitrogens with one attached hydrogen (secondary N) is 3. The van der Waals surface area contributed by atoms with E-state index in [1.54, 1.807) is 12.1 Å². The predicted molar refractivity (Wildman–Crippen MR) is 239 cm³/mol. The van der Waals surface area contributed by atoms with Crippen molar-refractivity contribution in [1.82, 2.24) is 15.0 Å². The molecule has 0 spiro atoms. The molecule has 0 bridgehead atoms. The molecular weight excluding hydrogens is 725 g/mol. The third-order valence-corrected chi connectivity index (χ3v) is 10.8. The van der Waals surface area contributed by atoms with Gasteiger partial charge in [-0.05, 0) is 96.7 Å². The van der Waals surface area contributed by atoms with Gasteiger partial charge >= 0.3 is 5.97 Å². The fourth-order valence-corrected chi connectivity index (χ4v) is 6.65. The fraction of sp³-hybridized carbons (Fsp3) is 0.542. The van der Waals surface area contributed by atoms with Gasteiger partial charge in [0, 0.05) is 30.3 Å². The summed E-state index contributed by atoms with van der Waals surface area (Å²) in [6.07, 6.45) is 14.0. The van der Waals surface area contributed by atoms with Crippen molar-refractivity contribution >= 4 is 40.9 Å². The van der Waals surface area contributed by atoms with E-state index >= 15 is 0 Å². The van der Waals surface area contributed by atoms with E-state index in [-0.39, 0.29) is 5.97 Å². The first-order valence-electron chi connectivity index (χ1n) is 22.0. The first-order chi connectivity index (χ1) is 28.4. The van der Waals surface area contributed by atoms with E-state index in [0.29, 0.717) is 61.0 Å². The molecule has 316 valence electrons. The topological polar surface area (TPSA) is 120 Å². The van der Waals surface area contributed by atoms with Crippen LogP contribution in [-0.4, -0.2) is 40.7 Å². The van der Waals surface area contributed by atoms with E-state index in [2.05, 4.69) is 81.8 Å². The van der Waals surface area contributed by atoms with Crippen LogP contribution in [0.2, 0.25) is 0 Å². The van der Waals surface area contributed by atoms with Crippen LogP contribution in [0.15, 0.2) is 72.8 Å². The lowest BCUT2D eigenvalue weighted by Crippen LogP contribution is -2.14. The molecule has 1 heterocycles. The molecule has 0 saturated carbocycles. The molecule has 0 aliphatic carbocycles. The van der Waals surface area contributed by atoms with Gasteiger partial charge in [-0.25, -0.2) is 4.79 Å². The smallest absolute Gasteiger partial charge is 0.338 e. The Morgan fingerprint density at radius 2 is 0.845 bits per heavy atom. The Labute approximate surface area is 348 Å². The average molecular weight is 795 g/mol. The second-order valence-corrected chi connectivity index (χ2v) is 15.5. The van der Waals surface area contributed by atoms with Gasteiger partial charge in [-0.3, -0.25) is 0 Å². The van der Waals surface area contributed by atoms with Crippen LogP contribution in [0.3, 0.4) is 0 Å². The highest BCUT2D eigenvalue weighted by Crippen LogP contribution is 2.24. The highest BCUT2D eigenvalue weighted by atomic mass is 16.5. The molecule has 0 aliphatic rings. The monoisotopic (exact) mass is 795 g/mol. The van der Waals surface area contributed by atoms with Crippen LogP contribution in [-0.2, 0) is 27.4 Å². The van der Waals surface area contributed by atoms with E-state index in [4.69, 9.17) is 29.2 Å². The first kappa shape index (κ1) is 46.2. The zero-order chi connectivity index (χ0) is 41.4. The molecular formula is C48H70N6O4. The Kier molecular flexibility index (Phi) is 21.1. The standard InChI is InChI=1S/C48H70N6O4/c1-7-13-16-36(10-4)31-56-33-39-19-25-42(26-20-39)49-46-52-47(50-43-27-21-40(22-28-43)34-57-32-37(11-5)17-14-8-2)54-48(53-46)51-44-29-23-41(24-30-44)45(55)58-35-38(12-6)18-15-9-3/h19-30,36-38H,7-18,31-35H2,1-6H3,(H3,49,50,51,52,53,54). The van der Waals surface area contributed by atoms with Gasteiger partial charge in [0.2, 0.25) is 17.8 Å². The third-order valence-electron chi connectivity index (χ3n) is 10.8. The van der Waals surface area contributed by atoms with Crippen LogP contribution in [0.1, 0.15) is 140 Å². The number of benzene rings is 3. The van der Waals surface area contributed by atoms with Crippen molar-refractivity contribution in [3.05, 3.63) is 89.5 Å². The number of hydrogen-bond acceptors (Lipinski definition) is 10. The van der Waals surface area contributed by atoms with E-state index in [0.717, 1.165) is 79.9 Å². The van der Waals surface area contributed by atoms with Gasteiger partial charge in [-0.1, -0.05) is 124 Å². The van der Waals surface area contributed by atoms with Crippen LogP contribution in [0.5, 0.6) is 0 Å². The first-order valence-corrected chi connectivity index (χ1v) is 22.0. The van der Waals surface area contributed by atoms with E-state index in [9.17, 15) is 4.79 Å². The van der Waals surface area contributed by atoms with Crippen LogP contribution in [0.4, 0.5) is 34.9 Å². The summed E-state index contributed by atoms with van der Waals surface area (Å²) < 4.78 is 17.8. The fourth-order valence-electron chi connectivity index (χ4n) is 6.65. The van der Waals surface area contributed by atoms with Crippen LogP contribution in [0.25, 0.3) is 0 Å². The molecule has 0 radical (unpaired) electrons. The summed E-state index contributed by atoms with van der Waals surface area (Å²) in [7, 11) is 0. The second kappa shape index (κ2) is 26.5. The minimum atomic E-state index is -0.316. The normalized spacial score (nSPS) is 12.8. The summed E-state index contributed by atoms with van der Waals surface area (Å²) in [5, 5.41) is 10.0. The molecule has 3 unspecified atom stereocenters. The van der Waals surface area contributed by atoms with Crippen molar-refractivity contribution in [3.63, 3.8) is 0 Å². The number of nitrogens with zero attached hydrogens (tertiary/aromatic N) is 3. The third kappa shape index (κ3) is 16.7. The Morgan fingerprint density at radius 1 is 0.500 bits per heavy atom. The van der Waals surface area contributed by atoms with Gasteiger partial charge in [0.25, 0.3) is 0 Å². The van der Waals surface area contributed by atoms with Gasteiger partial charge < -0.3 is 30.2 Å². The number of aromatic nitrogens is 3. The van der Waals surface area contributed by atoms with Crippen molar-refractivity contribution in [2.45, 2.75) is 132 Å². The Bertz CT molecular complexity index is 1630. The van der Waals surface area contributed by atoms with Gasteiger partial charge in [-0.2, -0.15) is 15.0 Å². The molecule has 0 aliphatic heterocycles. The maximum absolute atomic E-state index is 12.8. The van der Waals surface area contributed by atoms with Crippen LogP contribution in [0, 0.1) is 17.8 Å². The lowest BCUT2D eigenvalue weighted by atomic mass is 10.0. The maximum Gasteiger partial charge on any atom is 0.338 e. The quantitative estimate of drug-likeness (QED) is 0.0458. The SMILES string of the molecule is CCCCC(CC)COCc1ccc(Nc2nc(Nc3ccc(COCC(CC)CCCC)cc3)nc(Nc3ccc(C(=O)OCC(CC)CCCC)cc3)n2)cc1. The lowest BCUT2D eigenvalue weighted by molar-refractivity contribution is 0.0428. The van der Waals surface area contributed by atoms with E-state index in [1.165, 1.54) is 38.5 Å². The minimum Gasteiger partial charge on any atom is -0.462 e. The van der Waals surface area contributed by atoms with Gasteiger partial charge in [0.1, 0.15) is 0 Å². The molecule has 3 aromatic carbocycles. The lowest BCUT2D eigenvalue weighted by Gasteiger charge is -2.15. The number of carbonyl (C=O) groups is 1. The molecule has 10 nitrogen and oxygen atoms in total. The maximum atomic E-state index is 12.8. The highest BCUT2D eigenvalue weighted by molar-refractivity contribution is 5.89. The number of esters is 1. The molecule has 0 amide bonds. The summed E-state index contributed by atoms with van der Waals surface area (Å²) in [6.45, 7) is 16.4. The minimum absolute atomic E-state index is 0.316. The van der Waals surface area contributed by atoms with Gasteiger partial charge in [0.15, 0.2) is 0 Å². The van der Waals surface area contributed by atoms with Crippen LogP contribution < -0.4 is 16.0 Å². The Hall–Kier alpha value is -4.54. The number of unbranched alkanes of at least 4 members (excludes halogenated alkanes) is 3. The second-order valence-electron chi connectivity index (χ2n) is 15.5. The zero-order valence-corrected chi connectivity index (χ0v) is 36.2. The number of ether oxygens (including phenoxy) is 3. The molecule has 0 fully saturated rings. The summed E-state index contributed by atoms with van der Waals surface area (Å²) in [5.74, 6) is 2.37. The summed E-state index contributed by atoms with van der Waals surface area (Å²) in [5.41, 5.74) is 5.13. The number of rotatable bonds is 29. The predicted octanol–water partition coefficient (Wildman–Crippen LogP) is 12.9. The van der Waals surface area contributed by atoms with Crippen molar-refractivity contribution in [2.75, 3.05) is 35.8 Å². The van der Waals surface area contributed by atoms with Gasteiger partial charge in [-0.15, -0.1) is 0 Å². The largest absolute Gasteiger partial charge is 0.462 e. The zero-order valence-electron chi connectivity index (χ0n) is 36.2. The van der Waals surface area contributed by atoms with E-state index in [1.807, 2.05) is 36.4 Å². The Morgan fingerprint density at radius 3 is 1.19 bits per heavy atom. The molecule has 3 N–H and O–H groups in total. The number of hydrogen-bond donors (Lipinski definition) is 3. The van der Waals surface area contributed by atoms with Crippen molar-refractivity contribution in [1.29, 1.82) is 0 Å². The molecule has 10 heteroatoms. The Balaban J connectivity index is 1.44. The van der Waals surface area contributed by atoms with Crippen LogP contribution >= 0.6 is 0 Å². The molecule has 0 saturated heterocycles. The average Bonchev–Trinajstić information content (AvgIpc) is 3.24. The molecule has 58 heavy (non-hydrogen) atoms. The van der Waals surface area contributed by atoms with Crippen molar-refractivity contribution < 1.29 is 19.0 Å². The summed E-state index contributed by atoms with van der Waals surface area (Å²) in [4.78, 5) is 27.0. The number of carbonyl (C=O) groups excluding carboxylic acids is 1. The van der Waals surface area contributed by atoms with Gasteiger partial charge in [0.05, 0.1) is 25.4 Å².